The Bertz CT molecular complexity index is 425. The highest BCUT2D eigenvalue weighted by molar-refractivity contribution is 5.15. The number of hydrogen-bond acceptors (Lipinski definition) is 3. The number of hydrogen-bond donors (Lipinski definition) is 1. The molecule has 0 radical (unpaired) electrons. The number of nitrogens with two attached hydrogens (primary N) is 1. The molecule has 3 nitrogen and oxygen atoms in total. The first kappa shape index (κ1) is 14.0. The summed E-state index contributed by atoms with van der Waals surface area (Å²) in [5.74, 6) is 0.768. The highest BCUT2D eigenvalue weighted by atomic mass is 15.1. The van der Waals surface area contributed by atoms with E-state index in [0.717, 1.165) is 19.0 Å². The monoisotopic (exact) mass is 257 g/mol. The molecule has 1 aliphatic heterocycles. The second kappa shape index (κ2) is 6.18. The third kappa shape index (κ3) is 4.34. The van der Waals surface area contributed by atoms with Gasteiger partial charge in [0.25, 0.3) is 0 Å². The van der Waals surface area contributed by atoms with Crippen molar-refractivity contribution in [1.82, 2.24) is 4.90 Å². The number of piperidine rings is 1. The van der Waals surface area contributed by atoms with E-state index in [-0.39, 0.29) is 0 Å². The lowest BCUT2D eigenvalue weighted by Gasteiger charge is -2.34. The number of rotatable bonds is 4. The molecule has 0 aromatic heterocycles. The fourth-order valence-electron chi connectivity index (χ4n) is 2.80. The van der Waals surface area contributed by atoms with Gasteiger partial charge >= 0.3 is 0 Å². The maximum atomic E-state index is 8.97. The highest BCUT2D eigenvalue weighted by Crippen LogP contribution is 2.22. The van der Waals surface area contributed by atoms with Crippen molar-refractivity contribution < 1.29 is 0 Å². The van der Waals surface area contributed by atoms with E-state index < -0.39 is 5.54 Å². The van der Waals surface area contributed by atoms with Crippen LogP contribution in [0.5, 0.6) is 0 Å². The lowest BCUT2D eigenvalue weighted by atomic mass is 9.89. The number of likely N-dealkylation sites (tertiary alicyclic amines) is 1. The van der Waals surface area contributed by atoms with Gasteiger partial charge in [-0.25, -0.2) is 0 Å². The standard InChI is InChI=1S/C16H23N3/c1-16(18,12-17)13-19-9-7-15(8-10-19)11-14-5-3-2-4-6-14/h2-6,15H,7-11,13,18H2,1H3. The van der Waals surface area contributed by atoms with Gasteiger partial charge in [-0.05, 0) is 50.8 Å². The fourth-order valence-corrected chi connectivity index (χ4v) is 2.80. The van der Waals surface area contributed by atoms with Crippen LogP contribution >= 0.6 is 0 Å². The van der Waals surface area contributed by atoms with Gasteiger partial charge in [0, 0.05) is 6.54 Å². The quantitative estimate of drug-likeness (QED) is 0.899. The number of nitriles is 1. The molecular weight excluding hydrogens is 234 g/mol. The van der Waals surface area contributed by atoms with E-state index in [1.165, 1.54) is 24.8 Å². The van der Waals surface area contributed by atoms with Gasteiger partial charge in [-0.2, -0.15) is 5.26 Å². The van der Waals surface area contributed by atoms with Crippen molar-refractivity contribution in [3.8, 4) is 6.07 Å². The highest BCUT2D eigenvalue weighted by Gasteiger charge is 2.25. The van der Waals surface area contributed by atoms with Gasteiger partial charge in [-0.15, -0.1) is 0 Å². The van der Waals surface area contributed by atoms with Crippen LogP contribution in [0.4, 0.5) is 0 Å². The summed E-state index contributed by atoms with van der Waals surface area (Å²) in [4.78, 5) is 2.32. The van der Waals surface area contributed by atoms with E-state index in [2.05, 4.69) is 41.3 Å². The van der Waals surface area contributed by atoms with Crippen molar-refractivity contribution in [2.75, 3.05) is 19.6 Å². The lowest BCUT2D eigenvalue weighted by molar-refractivity contribution is 0.166. The molecule has 1 atom stereocenters. The predicted octanol–water partition coefficient (Wildman–Crippen LogP) is 2.18. The first-order valence-corrected chi connectivity index (χ1v) is 7.05. The molecule has 1 saturated heterocycles. The third-order valence-corrected chi connectivity index (χ3v) is 3.88. The Morgan fingerprint density at radius 3 is 2.53 bits per heavy atom. The average Bonchev–Trinajstić information content (AvgIpc) is 2.42. The smallest absolute Gasteiger partial charge is 0.114 e. The normalized spacial score (nSPS) is 20.7. The van der Waals surface area contributed by atoms with Crippen LogP contribution in [0.15, 0.2) is 30.3 Å². The van der Waals surface area contributed by atoms with Crippen LogP contribution in [0.2, 0.25) is 0 Å². The Hall–Kier alpha value is -1.37. The molecule has 1 aliphatic rings. The van der Waals surface area contributed by atoms with Crippen LogP contribution < -0.4 is 5.73 Å². The molecule has 102 valence electrons. The van der Waals surface area contributed by atoms with Crippen LogP contribution in [0.3, 0.4) is 0 Å². The summed E-state index contributed by atoms with van der Waals surface area (Å²) in [7, 11) is 0. The molecule has 0 bridgehead atoms. The van der Waals surface area contributed by atoms with E-state index in [4.69, 9.17) is 11.0 Å². The molecule has 1 aromatic carbocycles. The predicted molar refractivity (Wildman–Crippen MR) is 77.5 cm³/mol. The fraction of sp³-hybridized carbons (Fsp3) is 0.562. The van der Waals surface area contributed by atoms with Gasteiger partial charge in [-0.1, -0.05) is 30.3 Å². The maximum absolute atomic E-state index is 8.97. The summed E-state index contributed by atoms with van der Waals surface area (Å²) in [6, 6.07) is 12.9. The van der Waals surface area contributed by atoms with Crippen molar-refractivity contribution in [3.05, 3.63) is 35.9 Å². The molecule has 0 spiro atoms. The van der Waals surface area contributed by atoms with E-state index in [0.29, 0.717) is 6.54 Å². The topological polar surface area (TPSA) is 53.1 Å². The molecule has 0 saturated carbocycles. The maximum Gasteiger partial charge on any atom is 0.114 e. The van der Waals surface area contributed by atoms with Crippen molar-refractivity contribution in [3.63, 3.8) is 0 Å². The molecular formula is C16H23N3. The van der Waals surface area contributed by atoms with Gasteiger partial charge in [0.15, 0.2) is 0 Å². The van der Waals surface area contributed by atoms with Crippen LogP contribution in [0.1, 0.15) is 25.3 Å². The number of benzene rings is 1. The molecule has 0 aliphatic carbocycles. The van der Waals surface area contributed by atoms with Crippen molar-refractivity contribution in [2.45, 2.75) is 31.7 Å². The SMILES string of the molecule is CC(N)(C#N)CN1CCC(Cc2ccccc2)CC1. The van der Waals surface area contributed by atoms with Gasteiger partial charge in [0.2, 0.25) is 0 Å². The minimum atomic E-state index is -0.716. The van der Waals surface area contributed by atoms with Crippen molar-refractivity contribution in [1.29, 1.82) is 5.26 Å². The van der Waals surface area contributed by atoms with Gasteiger partial charge in [0.05, 0.1) is 6.07 Å². The van der Waals surface area contributed by atoms with E-state index in [1.54, 1.807) is 0 Å². The van der Waals surface area contributed by atoms with Gasteiger partial charge in [0.1, 0.15) is 5.54 Å². The van der Waals surface area contributed by atoms with Crippen LogP contribution in [-0.4, -0.2) is 30.1 Å². The Labute approximate surface area is 116 Å². The van der Waals surface area contributed by atoms with E-state index in [9.17, 15) is 0 Å². The molecule has 0 amide bonds. The molecule has 2 N–H and O–H groups in total. The number of nitrogens with zero attached hydrogens (tertiary/aromatic N) is 2. The van der Waals surface area contributed by atoms with Crippen molar-refractivity contribution >= 4 is 0 Å². The summed E-state index contributed by atoms with van der Waals surface area (Å²) < 4.78 is 0. The first-order valence-electron chi connectivity index (χ1n) is 7.05. The lowest BCUT2D eigenvalue weighted by Crippen LogP contribution is -2.49. The molecule has 1 heterocycles. The summed E-state index contributed by atoms with van der Waals surface area (Å²) in [5, 5.41) is 8.97. The summed E-state index contributed by atoms with van der Waals surface area (Å²) >= 11 is 0. The van der Waals surface area contributed by atoms with Crippen LogP contribution in [0.25, 0.3) is 0 Å². The van der Waals surface area contributed by atoms with Gasteiger partial charge in [-0.3, -0.25) is 0 Å². The largest absolute Gasteiger partial charge is 0.313 e. The Morgan fingerprint density at radius 2 is 1.95 bits per heavy atom. The summed E-state index contributed by atoms with van der Waals surface area (Å²) in [6.07, 6.45) is 3.58. The molecule has 3 heteroatoms. The third-order valence-electron chi connectivity index (χ3n) is 3.88. The summed E-state index contributed by atoms with van der Waals surface area (Å²) in [5.41, 5.74) is 6.62. The second-order valence-electron chi connectivity index (χ2n) is 5.94. The minimum Gasteiger partial charge on any atom is -0.313 e. The minimum absolute atomic E-state index is 0.682. The van der Waals surface area contributed by atoms with Crippen LogP contribution in [0, 0.1) is 17.2 Å². The van der Waals surface area contributed by atoms with E-state index >= 15 is 0 Å². The second-order valence-corrected chi connectivity index (χ2v) is 5.94. The Morgan fingerprint density at radius 1 is 1.32 bits per heavy atom. The average molecular weight is 257 g/mol. The Kier molecular flexibility index (Phi) is 4.57. The van der Waals surface area contributed by atoms with Crippen molar-refractivity contribution in [2.24, 2.45) is 11.7 Å². The zero-order valence-electron chi connectivity index (χ0n) is 11.7. The zero-order valence-corrected chi connectivity index (χ0v) is 11.7. The molecule has 1 unspecified atom stereocenters. The first-order chi connectivity index (χ1) is 9.09. The van der Waals surface area contributed by atoms with Gasteiger partial charge < -0.3 is 10.6 Å². The molecule has 19 heavy (non-hydrogen) atoms. The van der Waals surface area contributed by atoms with Crippen LogP contribution in [-0.2, 0) is 6.42 Å². The zero-order chi connectivity index (χ0) is 13.7. The molecule has 2 rings (SSSR count). The molecule has 1 fully saturated rings. The van der Waals surface area contributed by atoms with E-state index in [1.807, 2.05) is 6.92 Å². The summed E-state index contributed by atoms with van der Waals surface area (Å²) in [6.45, 7) is 4.61. The molecule has 1 aromatic rings. The Balaban J connectivity index is 1.79.